The number of hydrogen-bond donors (Lipinski definition) is 1. The van der Waals surface area contributed by atoms with Crippen LogP contribution in [0.15, 0.2) is 30.3 Å². The zero-order chi connectivity index (χ0) is 14.4. The molecule has 1 aromatic rings. The third kappa shape index (κ3) is 3.57. The fraction of sp³-hybridized carbons (Fsp3) is 0.467. The molecule has 1 unspecified atom stereocenters. The quantitative estimate of drug-likeness (QED) is 0.792. The van der Waals surface area contributed by atoms with Gasteiger partial charge >= 0.3 is 0 Å². The Bertz CT molecular complexity index is 442. The first-order chi connectivity index (χ1) is 9.74. The van der Waals surface area contributed by atoms with Crippen molar-refractivity contribution >= 4 is 12.3 Å². The molecule has 0 bridgehead atoms. The molecule has 0 aliphatic carbocycles. The van der Waals surface area contributed by atoms with Gasteiger partial charge in [-0.15, -0.1) is 0 Å². The number of carbonyl (C=O) groups is 2. The van der Waals surface area contributed by atoms with Crippen molar-refractivity contribution in [1.82, 2.24) is 9.80 Å². The van der Waals surface area contributed by atoms with E-state index in [0.717, 1.165) is 12.0 Å². The molecule has 5 heteroatoms. The molecule has 1 fully saturated rings. The van der Waals surface area contributed by atoms with Gasteiger partial charge in [-0.05, 0) is 12.1 Å². The smallest absolute Gasteiger partial charge is 0.223 e. The maximum atomic E-state index is 12.3. The van der Waals surface area contributed by atoms with Crippen LogP contribution < -0.4 is 5.73 Å². The highest BCUT2D eigenvalue weighted by molar-refractivity contribution is 5.77. The fourth-order valence-electron chi connectivity index (χ4n) is 2.48. The highest BCUT2D eigenvalue weighted by atomic mass is 16.2. The van der Waals surface area contributed by atoms with E-state index < -0.39 is 0 Å². The average molecular weight is 275 g/mol. The van der Waals surface area contributed by atoms with Crippen molar-refractivity contribution in [2.24, 2.45) is 5.73 Å². The summed E-state index contributed by atoms with van der Waals surface area (Å²) >= 11 is 0. The molecule has 2 rings (SSSR count). The van der Waals surface area contributed by atoms with E-state index in [1.807, 2.05) is 35.2 Å². The molecule has 1 aliphatic heterocycles. The molecule has 0 radical (unpaired) electrons. The van der Waals surface area contributed by atoms with Gasteiger partial charge in [0.2, 0.25) is 12.3 Å². The van der Waals surface area contributed by atoms with Crippen LogP contribution in [0.3, 0.4) is 0 Å². The minimum atomic E-state index is 0.0628. The van der Waals surface area contributed by atoms with Gasteiger partial charge in [0, 0.05) is 38.5 Å². The van der Waals surface area contributed by atoms with Gasteiger partial charge in [0.05, 0.1) is 0 Å². The van der Waals surface area contributed by atoms with Gasteiger partial charge < -0.3 is 15.5 Å². The lowest BCUT2D eigenvalue weighted by molar-refractivity contribution is -0.135. The Morgan fingerprint density at radius 3 is 2.40 bits per heavy atom. The SMILES string of the molecule is NCC(CC(=O)N1CCN(C=O)CC1)c1ccccc1. The minimum absolute atomic E-state index is 0.0628. The second kappa shape index (κ2) is 7.05. The highest BCUT2D eigenvalue weighted by Crippen LogP contribution is 2.19. The molecule has 108 valence electrons. The van der Waals surface area contributed by atoms with E-state index in [0.29, 0.717) is 39.1 Å². The zero-order valence-corrected chi connectivity index (χ0v) is 11.6. The number of rotatable bonds is 5. The summed E-state index contributed by atoms with van der Waals surface area (Å²) in [5.41, 5.74) is 6.91. The van der Waals surface area contributed by atoms with E-state index in [1.54, 1.807) is 4.90 Å². The molecule has 0 aromatic heterocycles. The lowest BCUT2D eigenvalue weighted by Crippen LogP contribution is -2.48. The Balaban J connectivity index is 1.91. The molecule has 0 spiro atoms. The number of amides is 2. The first-order valence-corrected chi connectivity index (χ1v) is 6.96. The molecule has 1 aliphatic rings. The van der Waals surface area contributed by atoms with Gasteiger partial charge in [-0.2, -0.15) is 0 Å². The lowest BCUT2D eigenvalue weighted by Gasteiger charge is -2.33. The van der Waals surface area contributed by atoms with Gasteiger partial charge in [-0.1, -0.05) is 30.3 Å². The number of nitrogens with zero attached hydrogens (tertiary/aromatic N) is 2. The molecule has 1 saturated heterocycles. The second-order valence-electron chi connectivity index (χ2n) is 5.07. The Morgan fingerprint density at radius 2 is 1.85 bits per heavy atom. The predicted molar refractivity (Wildman–Crippen MR) is 77.1 cm³/mol. The monoisotopic (exact) mass is 275 g/mol. The molecule has 2 N–H and O–H groups in total. The number of carbonyl (C=O) groups excluding carboxylic acids is 2. The molecule has 0 saturated carbocycles. The summed E-state index contributed by atoms with van der Waals surface area (Å²) in [7, 11) is 0. The maximum Gasteiger partial charge on any atom is 0.223 e. The summed E-state index contributed by atoms with van der Waals surface area (Å²) in [5, 5.41) is 0. The van der Waals surface area contributed by atoms with Crippen molar-refractivity contribution < 1.29 is 9.59 Å². The Labute approximate surface area is 119 Å². The molecule has 5 nitrogen and oxygen atoms in total. The van der Waals surface area contributed by atoms with Crippen LogP contribution in [0.1, 0.15) is 17.9 Å². The summed E-state index contributed by atoms with van der Waals surface area (Å²) in [4.78, 5) is 26.5. The number of piperazine rings is 1. The van der Waals surface area contributed by atoms with Crippen LogP contribution in [0.2, 0.25) is 0 Å². The van der Waals surface area contributed by atoms with Crippen LogP contribution in [0, 0.1) is 0 Å². The van der Waals surface area contributed by atoms with E-state index in [9.17, 15) is 9.59 Å². The molecular weight excluding hydrogens is 254 g/mol. The fourth-order valence-corrected chi connectivity index (χ4v) is 2.48. The number of hydrogen-bond acceptors (Lipinski definition) is 3. The Kier molecular flexibility index (Phi) is 5.12. The van der Waals surface area contributed by atoms with Crippen LogP contribution in [0.5, 0.6) is 0 Å². The van der Waals surface area contributed by atoms with Crippen LogP contribution in [0.25, 0.3) is 0 Å². The summed E-state index contributed by atoms with van der Waals surface area (Å²) in [5.74, 6) is 0.183. The molecule has 20 heavy (non-hydrogen) atoms. The summed E-state index contributed by atoms with van der Waals surface area (Å²) in [6, 6.07) is 9.90. The Hall–Kier alpha value is -1.88. The topological polar surface area (TPSA) is 66.6 Å². The van der Waals surface area contributed by atoms with Crippen LogP contribution >= 0.6 is 0 Å². The minimum Gasteiger partial charge on any atom is -0.342 e. The Morgan fingerprint density at radius 1 is 1.20 bits per heavy atom. The van der Waals surface area contributed by atoms with Crippen LogP contribution in [0.4, 0.5) is 0 Å². The number of nitrogens with two attached hydrogens (primary N) is 1. The van der Waals surface area contributed by atoms with Gasteiger partial charge in [0.15, 0.2) is 0 Å². The third-order valence-electron chi connectivity index (χ3n) is 3.79. The van der Waals surface area contributed by atoms with Crippen molar-refractivity contribution in [3.05, 3.63) is 35.9 Å². The normalized spacial score (nSPS) is 16.9. The van der Waals surface area contributed by atoms with Crippen molar-refractivity contribution in [2.75, 3.05) is 32.7 Å². The van der Waals surface area contributed by atoms with E-state index in [2.05, 4.69) is 0 Å². The highest BCUT2D eigenvalue weighted by Gasteiger charge is 2.23. The van der Waals surface area contributed by atoms with Crippen molar-refractivity contribution in [3.8, 4) is 0 Å². The maximum absolute atomic E-state index is 12.3. The van der Waals surface area contributed by atoms with Crippen LogP contribution in [-0.4, -0.2) is 54.8 Å². The van der Waals surface area contributed by atoms with Gasteiger partial charge in [0.25, 0.3) is 0 Å². The lowest BCUT2D eigenvalue weighted by atomic mass is 9.95. The number of benzene rings is 1. The van der Waals surface area contributed by atoms with Gasteiger partial charge in [0.1, 0.15) is 0 Å². The first-order valence-electron chi connectivity index (χ1n) is 6.96. The summed E-state index contributed by atoms with van der Waals surface area (Å²) in [6.45, 7) is 2.93. The predicted octanol–water partition coefficient (Wildman–Crippen LogP) is 0.420. The average Bonchev–Trinajstić information content (AvgIpc) is 2.53. The molecule has 1 aromatic carbocycles. The van der Waals surface area contributed by atoms with Gasteiger partial charge in [-0.25, -0.2) is 0 Å². The standard InChI is InChI=1S/C15H21N3O2/c16-11-14(13-4-2-1-3-5-13)10-15(20)18-8-6-17(12-19)7-9-18/h1-5,12,14H,6-11,16H2. The van der Waals surface area contributed by atoms with E-state index in [4.69, 9.17) is 5.73 Å². The van der Waals surface area contributed by atoms with E-state index in [-0.39, 0.29) is 11.8 Å². The largest absolute Gasteiger partial charge is 0.342 e. The summed E-state index contributed by atoms with van der Waals surface area (Å²) in [6.07, 6.45) is 1.27. The second-order valence-corrected chi connectivity index (χ2v) is 5.07. The first kappa shape index (κ1) is 14.5. The third-order valence-corrected chi connectivity index (χ3v) is 3.79. The van der Waals surface area contributed by atoms with Gasteiger partial charge in [-0.3, -0.25) is 9.59 Å². The van der Waals surface area contributed by atoms with E-state index in [1.165, 1.54) is 0 Å². The molecule has 1 heterocycles. The summed E-state index contributed by atoms with van der Waals surface area (Å²) < 4.78 is 0. The molecule has 1 atom stereocenters. The molecule has 2 amide bonds. The van der Waals surface area contributed by atoms with Crippen LogP contribution in [-0.2, 0) is 9.59 Å². The van der Waals surface area contributed by atoms with E-state index >= 15 is 0 Å². The zero-order valence-electron chi connectivity index (χ0n) is 11.6. The van der Waals surface area contributed by atoms with Crippen molar-refractivity contribution in [2.45, 2.75) is 12.3 Å². The van der Waals surface area contributed by atoms with Crippen molar-refractivity contribution in [3.63, 3.8) is 0 Å². The molecular formula is C15H21N3O2. The van der Waals surface area contributed by atoms with Crippen molar-refractivity contribution in [1.29, 1.82) is 0 Å².